The van der Waals surface area contributed by atoms with Crippen LogP contribution in [0.3, 0.4) is 0 Å². The van der Waals surface area contributed by atoms with Gasteiger partial charge >= 0.3 is 6.09 Å². The first-order valence-corrected chi connectivity index (χ1v) is 8.41. The van der Waals surface area contributed by atoms with Crippen LogP contribution >= 0.6 is 0 Å². The largest absolute Gasteiger partial charge is 0.596 e. The number of amides is 1. The molecular weight excluding hydrogens is 323 g/mol. The zero-order valence-electron chi connectivity index (χ0n) is 15.6. The molecule has 0 saturated carbocycles. The van der Waals surface area contributed by atoms with Crippen LogP contribution in [-0.4, -0.2) is 58.8 Å². The molecule has 0 N–H and O–H groups in total. The van der Waals surface area contributed by atoms with Crippen molar-refractivity contribution in [3.63, 3.8) is 0 Å². The highest BCUT2D eigenvalue weighted by Crippen LogP contribution is 2.12. The fourth-order valence-electron chi connectivity index (χ4n) is 2.68. The molecule has 5 nitrogen and oxygen atoms in total. The van der Waals surface area contributed by atoms with Crippen molar-refractivity contribution in [2.45, 2.75) is 40.2 Å². The van der Waals surface area contributed by atoms with Gasteiger partial charge < -0.3 is 4.74 Å². The molecular formula is C19H26FN2O3+. The van der Waals surface area contributed by atoms with Gasteiger partial charge in [0.2, 0.25) is 0 Å². The van der Waals surface area contributed by atoms with E-state index in [-0.39, 0.29) is 24.2 Å². The molecule has 1 amide bonds. The lowest BCUT2D eigenvalue weighted by atomic mass is 10.1. The van der Waals surface area contributed by atoms with Crippen molar-refractivity contribution in [1.29, 1.82) is 0 Å². The number of ether oxygens (including phenoxy) is 1. The van der Waals surface area contributed by atoms with Gasteiger partial charge in [0.25, 0.3) is 0 Å². The molecule has 0 saturated heterocycles. The fourth-order valence-corrected chi connectivity index (χ4v) is 2.68. The van der Waals surface area contributed by atoms with E-state index in [2.05, 4.69) is 0 Å². The highest BCUT2D eigenvalue weighted by atomic mass is 19.1. The molecule has 1 aliphatic rings. The van der Waals surface area contributed by atoms with E-state index >= 15 is 0 Å². The third kappa shape index (κ3) is 5.19. The third-order valence-electron chi connectivity index (χ3n) is 4.03. The summed E-state index contributed by atoms with van der Waals surface area (Å²) in [5.74, 6) is -0.499. The number of hydrogen-bond acceptors (Lipinski definition) is 4. The molecule has 1 aliphatic heterocycles. The number of rotatable bonds is 3. The van der Waals surface area contributed by atoms with E-state index in [9.17, 15) is 14.0 Å². The van der Waals surface area contributed by atoms with Gasteiger partial charge in [-0.05, 0) is 39.3 Å². The lowest BCUT2D eigenvalue weighted by Crippen LogP contribution is -2.48. The van der Waals surface area contributed by atoms with Crippen molar-refractivity contribution in [2.24, 2.45) is 0 Å². The minimum Gasteiger partial charge on any atom is -0.406 e. The smallest absolute Gasteiger partial charge is 0.406 e. The van der Waals surface area contributed by atoms with Gasteiger partial charge in [0.05, 0.1) is 19.6 Å². The topological polar surface area (TPSA) is 49.6 Å². The molecule has 0 atom stereocenters. The van der Waals surface area contributed by atoms with E-state index in [0.29, 0.717) is 30.8 Å². The van der Waals surface area contributed by atoms with E-state index in [1.54, 1.807) is 23.6 Å². The predicted molar refractivity (Wildman–Crippen MR) is 93.9 cm³/mol. The van der Waals surface area contributed by atoms with Gasteiger partial charge in [0.1, 0.15) is 11.4 Å². The van der Waals surface area contributed by atoms with Gasteiger partial charge in [-0.1, -0.05) is 12.1 Å². The number of halogens is 1. The second-order valence-electron chi connectivity index (χ2n) is 7.47. The van der Waals surface area contributed by atoms with Gasteiger partial charge in [-0.3, -0.25) is 9.69 Å². The lowest BCUT2D eigenvalue weighted by Gasteiger charge is -2.25. The van der Waals surface area contributed by atoms with Crippen molar-refractivity contribution < 1.29 is 23.3 Å². The average Bonchev–Trinajstić information content (AvgIpc) is 2.48. The Kier molecular flexibility index (Phi) is 5.72. The second kappa shape index (κ2) is 7.44. The van der Waals surface area contributed by atoms with E-state index in [1.807, 2.05) is 32.6 Å². The quantitative estimate of drug-likeness (QED) is 0.622. The maximum Gasteiger partial charge on any atom is 0.596 e. The highest BCUT2D eigenvalue weighted by Gasteiger charge is 2.33. The molecule has 136 valence electrons. The Labute approximate surface area is 148 Å². The zero-order valence-corrected chi connectivity index (χ0v) is 15.6. The van der Waals surface area contributed by atoms with Crippen LogP contribution in [0.2, 0.25) is 0 Å². The summed E-state index contributed by atoms with van der Waals surface area (Å²) in [6.45, 7) is 10.7. The molecule has 0 radical (unpaired) electrons. The van der Waals surface area contributed by atoms with Crippen LogP contribution < -0.4 is 0 Å². The number of nitrogens with zero attached hydrogens (tertiary/aromatic N) is 2. The molecule has 0 aromatic heterocycles. The predicted octanol–water partition coefficient (Wildman–Crippen LogP) is 3.04. The van der Waals surface area contributed by atoms with Crippen LogP contribution in [0.15, 0.2) is 18.2 Å². The standard InChI is InChI=1S/C19H26FN2O3/c1-13-6-7-15(10-16(13)20)17(23)12-21-8-9-22(14(2)11-21)18(24)25-19(3,4)5/h6-7,10H,8-9,11-12H2,1-5H3/q+1. The molecule has 25 heavy (non-hydrogen) atoms. The van der Waals surface area contributed by atoms with Crippen LogP contribution in [0.1, 0.15) is 43.6 Å². The van der Waals surface area contributed by atoms with Gasteiger partial charge in [-0.2, -0.15) is 4.79 Å². The Balaban J connectivity index is 2.01. The summed E-state index contributed by atoms with van der Waals surface area (Å²) in [6, 6.07) is 4.54. The average molecular weight is 349 g/mol. The Morgan fingerprint density at radius 1 is 1.28 bits per heavy atom. The summed E-state index contributed by atoms with van der Waals surface area (Å²) >= 11 is 0. The van der Waals surface area contributed by atoms with Crippen molar-refractivity contribution in [3.8, 4) is 0 Å². The molecule has 0 unspecified atom stereocenters. The number of carbonyl (C=O) groups excluding carboxylic acids is 2. The van der Waals surface area contributed by atoms with E-state index < -0.39 is 5.60 Å². The van der Waals surface area contributed by atoms with Gasteiger partial charge in [-0.25, -0.2) is 4.39 Å². The number of aryl methyl sites for hydroxylation is 1. The van der Waals surface area contributed by atoms with Crippen LogP contribution in [0.5, 0.6) is 0 Å². The molecule has 0 aliphatic carbocycles. The highest BCUT2D eigenvalue weighted by molar-refractivity contribution is 5.98. The maximum absolute atomic E-state index is 13.6. The summed E-state index contributed by atoms with van der Waals surface area (Å²) < 4.78 is 20.6. The monoisotopic (exact) mass is 349 g/mol. The van der Waals surface area contributed by atoms with Gasteiger partial charge in [-0.15, -0.1) is 4.58 Å². The Bertz CT molecular complexity index is 720. The lowest BCUT2D eigenvalue weighted by molar-refractivity contribution is -0.458. The van der Waals surface area contributed by atoms with E-state index in [0.717, 1.165) is 5.71 Å². The first-order chi connectivity index (χ1) is 11.6. The van der Waals surface area contributed by atoms with Crippen LogP contribution in [0, 0.1) is 12.7 Å². The Morgan fingerprint density at radius 2 is 1.96 bits per heavy atom. The van der Waals surface area contributed by atoms with E-state index in [4.69, 9.17) is 4.74 Å². The van der Waals surface area contributed by atoms with Crippen LogP contribution in [0.25, 0.3) is 0 Å². The second-order valence-corrected chi connectivity index (χ2v) is 7.47. The normalized spacial score (nSPS) is 16.1. The Hall–Kier alpha value is -2.08. The first kappa shape index (κ1) is 19.2. The van der Waals surface area contributed by atoms with Crippen molar-refractivity contribution in [2.75, 3.05) is 26.2 Å². The van der Waals surface area contributed by atoms with Crippen molar-refractivity contribution in [3.05, 3.63) is 35.1 Å². The first-order valence-electron chi connectivity index (χ1n) is 8.41. The maximum atomic E-state index is 13.6. The zero-order chi connectivity index (χ0) is 18.8. The number of ketones is 1. The van der Waals surface area contributed by atoms with Crippen LogP contribution in [-0.2, 0) is 4.74 Å². The van der Waals surface area contributed by atoms with Gasteiger partial charge in [0.15, 0.2) is 18.0 Å². The number of hydrogen-bond donors (Lipinski definition) is 0. The SMILES string of the molecule is CC1=[N+](C(=O)OC(C)(C)C)CCN(CC(=O)c2ccc(C)c(F)c2)C1. The molecule has 0 fully saturated rings. The van der Waals surface area contributed by atoms with Crippen molar-refractivity contribution in [1.82, 2.24) is 4.90 Å². The van der Waals surface area contributed by atoms with Crippen LogP contribution in [0.4, 0.5) is 9.18 Å². The minimum absolute atomic E-state index is 0.127. The summed E-state index contributed by atoms with van der Waals surface area (Å²) in [5, 5.41) is 0. The Morgan fingerprint density at radius 3 is 2.52 bits per heavy atom. The summed E-state index contributed by atoms with van der Waals surface area (Å²) in [6.07, 6.45) is -0.364. The molecule has 1 heterocycles. The number of Topliss-reactive ketones (excluding diaryl/α,β-unsaturated/α-hetero) is 1. The molecule has 2 rings (SSSR count). The van der Waals surface area contributed by atoms with E-state index in [1.165, 1.54) is 6.07 Å². The summed E-state index contributed by atoms with van der Waals surface area (Å²) in [4.78, 5) is 26.5. The molecule has 6 heteroatoms. The molecule has 1 aromatic rings. The summed E-state index contributed by atoms with van der Waals surface area (Å²) in [5.41, 5.74) is 1.19. The molecule has 0 bridgehead atoms. The minimum atomic E-state index is -0.542. The summed E-state index contributed by atoms with van der Waals surface area (Å²) in [7, 11) is 0. The van der Waals surface area contributed by atoms with Gasteiger partial charge in [0, 0.05) is 12.5 Å². The molecule has 1 aromatic carbocycles. The molecule has 0 spiro atoms. The number of carbonyl (C=O) groups is 2. The fraction of sp³-hybridized carbons (Fsp3) is 0.526. The van der Waals surface area contributed by atoms with Crippen molar-refractivity contribution >= 4 is 17.6 Å². The third-order valence-corrected chi connectivity index (χ3v) is 4.03. The number of benzene rings is 1.